The van der Waals surface area contributed by atoms with Crippen LogP contribution in [0.2, 0.25) is 0 Å². The van der Waals surface area contributed by atoms with Gasteiger partial charge in [-0.15, -0.1) is 0 Å². The van der Waals surface area contributed by atoms with Crippen molar-refractivity contribution in [1.29, 1.82) is 0 Å². The number of amides is 1. The van der Waals surface area contributed by atoms with Crippen molar-refractivity contribution in [2.45, 2.75) is 26.7 Å². The lowest BCUT2D eigenvalue weighted by Gasteiger charge is -2.12. The molecule has 0 bridgehead atoms. The van der Waals surface area contributed by atoms with Gasteiger partial charge in [0.05, 0.1) is 17.3 Å². The first-order chi connectivity index (χ1) is 9.40. The molecule has 1 aromatic carbocycles. The maximum atomic E-state index is 13.6. The second-order valence-corrected chi connectivity index (χ2v) is 5.49. The van der Waals surface area contributed by atoms with Crippen LogP contribution in [0.3, 0.4) is 0 Å². The van der Waals surface area contributed by atoms with E-state index in [0.717, 1.165) is 5.56 Å². The fraction of sp³-hybridized carbons (Fsp3) is 0.286. The van der Waals surface area contributed by atoms with Gasteiger partial charge in [-0.3, -0.25) is 4.79 Å². The van der Waals surface area contributed by atoms with E-state index in [-0.39, 0.29) is 11.6 Å². The minimum atomic E-state index is -0.479. The van der Waals surface area contributed by atoms with Gasteiger partial charge < -0.3 is 9.84 Å². The third kappa shape index (κ3) is 2.90. The van der Waals surface area contributed by atoms with Gasteiger partial charge in [-0.1, -0.05) is 21.1 Å². The van der Waals surface area contributed by atoms with Gasteiger partial charge in [-0.2, -0.15) is 0 Å². The van der Waals surface area contributed by atoms with Crippen molar-refractivity contribution in [3.05, 3.63) is 45.5 Å². The molecule has 1 heterocycles. The fourth-order valence-corrected chi connectivity index (χ4v) is 2.43. The van der Waals surface area contributed by atoms with E-state index in [1.54, 1.807) is 26.8 Å². The number of aromatic nitrogens is 1. The zero-order chi connectivity index (χ0) is 14.9. The Morgan fingerprint density at radius 2 is 2.15 bits per heavy atom. The number of nitrogens with one attached hydrogen (secondary N) is 1. The van der Waals surface area contributed by atoms with Crippen LogP contribution in [0.5, 0.6) is 0 Å². The number of halogens is 2. The summed E-state index contributed by atoms with van der Waals surface area (Å²) in [5.41, 5.74) is 1.54. The summed E-state index contributed by atoms with van der Waals surface area (Å²) in [6.45, 7) is 5.26. The maximum Gasteiger partial charge on any atom is 0.231 e. The van der Waals surface area contributed by atoms with Crippen LogP contribution in [-0.4, -0.2) is 11.1 Å². The van der Waals surface area contributed by atoms with Gasteiger partial charge in [-0.05, 0) is 39.0 Å². The van der Waals surface area contributed by atoms with Crippen LogP contribution >= 0.6 is 15.9 Å². The average molecular weight is 341 g/mol. The number of hydrogen-bond donors (Lipinski definition) is 1. The molecule has 0 aliphatic carbocycles. The molecule has 1 amide bonds. The van der Waals surface area contributed by atoms with Crippen LogP contribution < -0.4 is 5.32 Å². The summed E-state index contributed by atoms with van der Waals surface area (Å²) in [7, 11) is 0. The molecule has 0 saturated carbocycles. The van der Waals surface area contributed by atoms with Gasteiger partial charge in [0.25, 0.3) is 0 Å². The van der Waals surface area contributed by atoms with Crippen molar-refractivity contribution in [1.82, 2.24) is 5.16 Å². The molecule has 0 saturated heterocycles. The number of nitrogens with zero attached hydrogens (tertiary/aromatic N) is 1. The Labute approximate surface area is 124 Å². The molecule has 1 unspecified atom stereocenters. The van der Waals surface area contributed by atoms with E-state index in [2.05, 4.69) is 26.4 Å². The molecule has 1 atom stereocenters. The maximum absolute atomic E-state index is 13.6. The van der Waals surface area contributed by atoms with Gasteiger partial charge in [0.15, 0.2) is 0 Å². The lowest BCUT2D eigenvalue weighted by atomic mass is 9.98. The standard InChI is InChI=1S/C14H14BrFN2O2/c1-7(13-8(2)18-20-9(13)3)14(19)17-12-6-10(15)4-5-11(12)16/h4-7H,1-3H3,(H,17,19). The van der Waals surface area contributed by atoms with Crippen molar-refractivity contribution in [2.75, 3.05) is 5.32 Å². The van der Waals surface area contributed by atoms with E-state index in [4.69, 9.17) is 4.52 Å². The highest BCUT2D eigenvalue weighted by Gasteiger charge is 2.23. The topological polar surface area (TPSA) is 55.1 Å². The van der Waals surface area contributed by atoms with Crippen LogP contribution in [0.15, 0.2) is 27.2 Å². The van der Waals surface area contributed by atoms with Gasteiger partial charge >= 0.3 is 0 Å². The molecule has 0 fully saturated rings. The normalized spacial score (nSPS) is 12.2. The lowest BCUT2D eigenvalue weighted by molar-refractivity contribution is -0.117. The van der Waals surface area contributed by atoms with Gasteiger partial charge in [0, 0.05) is 10.0 Å². The Balaban J connectivity index is 2.22. The second-order valence-electron chi connectivity index (χ2n) is 4.57. The molecule has 1 aromatic heterocycles. The van der Waals surface area contributed by atoms with E-state index in [1.807, 2.05) is 0 Å². The molecule has 0 aliphatic heterocycles. The Bertz CT molecular complexity index is 635. The first kappa shape index (κ1) is 14.7. The summed E-state index contributed by atoms with van der Waals surface area (Å²) in [5, 5.41) is 6.40. The van der Waals surface area contributed by atoms with Gasteiger partial charge in [0.2, 0.25) is 5.91 Å². The molecule has 2 rings (SSSR count). The Morgan fingerprint density at radius 1 is 1.45 bits per heavy atom. The van der Waals surface area contributed by atoms with Gasteiger partial charge in [-0.25, -0.2) is 4.39 Å². The second kappa shape index (κ2) is 5.75. The molecule has 0 spiro atoms. The highest BCUT2D eigenvalue weighted by molar-refractivity contribution is 9.10. The predicted molar refractivity (Wildman–Crippen MR) is 77.1 cm³/mol. The number of anilines is 1. The Hall–Kier alpha value is -1.69. The number of rotatable bonds is 3. The Morgan fingerprint density at radius 3 is 2.75 bits per heavy atom. The average Bonchev–Trinajstić information content (AvgIpc) is 2.72. The molecule has 2 aromatic rings. The molecular weight excluding hydrogens is 327 g/mol. The number of carbonyl (C=O) groups is 1. The molecule has 0 radical (unpaired) electrons. The summed E-state index contributed by atoms with van der Waals surface area (Å²) in [5.74, 6) is -0.664. The van der Waals surface area contributed by atoms with Crippen molar-refractivity contribution in [3.63, 3.8) is 0 Å². The number of hydrogen-bond acceptors (Lipinski definition) is 3. The number of carbonyl (C=O) groups excluding carboxylic acids is 1. The zero-order valence-corrected chi connectivity index (χ0v) is 12.9. The monoisotopic (exact) mass is 340 g/mol. The Kier molecular flexibility index (Phi) is 4.23. The van der Waals surface area contributed by atoms with Crippen molar-refractivity contribution >= 4 is 27.5 Å². The van der Waals surface area contributed by atoms with Crippen LogP contribution in [0.1, 0.15) is 29.9 Å². The highest BCUT2D eigenvalue weighted by Crippen LogP contribution is 2.26. The van der Waals surface area contributed by atoms with E-state index in [0.29, 0.717) is 15.9 Å². The van der Waals surface area contributed by atoms with Crippen molar-refractivity contribution < 1.29 is 13.7 Å². The number of benzene rings is 1. The van der Waals surface area contributed by atoms with E-state index >= 15 is 0 Å². The predicted octanol–water partition coefficient (Wildman–Crippen LogP) is 3.94. The van der Waals surface area contributed by atoms with Gasteiger partial charge in [0.1, 0.15) is 11.6 Å². The van der Waals surface area contributed by atoms with Crippen molar-refractivity contribution in [2.24, 2.45) is 0 Å². The summed E-state index contributed by atoms with van der Waals surface area (Å²) in [6.07, 6.45) is 0. The summed E-state index contributed by atoms with van der Waals surface area (Å²) >= 11 is 3.24. The third-order valence-corrected chi connectivity index (χ3v) is 3.59. The molecule has 4 nitrogen and oxygen atoms in total. The third-order valence-electron chi connectivity index (χ3n) is 3.10. The quantitative estimate of drug-likeness (QED) is 0.920. The highest BCUT2D eigenvalue weighted by atomic mass is 79.9. The van der Waals surface area contributed by atoms with Crippen molar-refractivity contribution in [3.8, 4) is 0 Å². The molecule has 20 heavy (non-hydrogen) atoms. The SMILES string of the molecule is Cc1noc(C)c1C(C)C(=O)Nc1cc(Br)ccc1F. The summed E-state index contributed by atoms with van der Waals surface area (Å²) in [6, 6.07) is 4.39. The minimum absolute atomic E-state index is 0.142. The van der Waals surface area contributed by atoms with Crippen LogP contribution in [-0.2, 0) is 4.79 Å². The first-order valence-corrected chi connectivity index (χ1v) is 6.88. The molecule has 6 heteroatoms. The molecule has 106 valence electrons. The fourth-order valence-electron chi connectivity index (χ4n) is 2.07. The zero-order valence-electron chi connectivity index (χ0n) is 11.3. The molecular formula is C14H14BrFN2O2. The van der Waals surface area contributed by atoms with Crippen LogP contribution in [0.25, 0.3) is 0 Å². The molecule has 1 N–H and O–H groups in total. The number of aryl methyl sites for hydroxylation is 2. The van der Waals surface area contributed by atoms with E-state index < -0.39 is 11.7 Å². The van der Waals surface area contributed by atoms with Crippen LogP contribution in [0, 0.1) is 19.7 Å². The summed E-state index contributed by atoms with van der Waals surface area (Å²) in [4.78, 5) is 12.2. The largest absolute Gasteiger partial charge is 0.361 e. The first-order valence-electron chi connectivity index (χ1n) is 6.09. The van der Waals surface area contributed by atoms with Crippen LogP contribution in [0.4, 0.5) is 10.1 Å². The lowest BCUT2D eigenvalue weighted by Crippen LogP contribution is -2.20. The minimum Gasteiger partial charge on any atom is -0.361 e. The summed E-state index contributed by atoms with van der Waals surface area (Å²) < 4.78 is 19.4. The van der Waals surface area contributed by atoms with E-state index in [1.165, 1.54) is 12.1 Å². The molecule has 0 aliphatic rings. The van der Waals surface area contributed by atoms with E-state index in [9.17, 15) is 9.18 Å². The smallest absolute Gasteiger partial charge is 0.231 e.